The largest absolute Gasteiger partial charge is 0.355 e. The molecule has 2 nitrogen and oxygen atoms in total. The number of hydrogen-bond acceptors (Lipinski definition) is 2. The number of rotatable bonds is 7. The lowest BCUT2D eigenvalue weighted by Crippen LogP contribution is -2.28. The molecule has 45 heavy (non-hydrogen) atoms. The van der Waals surface area contributed by atoms with E-state index >= 15 is 0 Å². The standard InChI is InChI=1S/C43H32N2/c1-5-16-32(17-6-1)43(33-18-7-2-8-19-33)41-27-14-13-26-39(41)40-29-28-35(31-42(40)43)44-34-20-15-25-38(30-34)45(36-21-9-3-10-22-36)37-23-11-4-12-24-37/h1-31,44H. The first-order chi connectivity index (χ1) is 22.3. The Bertz CT molecular complexity index is 1990. The third-order valence-electron chi connectivity index (χ3n) is 8.88. The molecule has 1 aliphatic carbocycles. The first-order valence-electron chi connectivity index (χ1n) is 15.5. The summed E-state index contributed by atoms with van der Waals surface area (Å²) in [6, 6.07) is 67.3. The van der Waals surface area contributed by atoms with Crippen molar-refractivity contribution in [2.45, 2.75) is 5.41 Å². The van der Waals surface area contributed by atoms with Crippen molar-refractivity contribution in [3.8, 4) is 11.1 Å². The molecule has 0 heterocycles. The lowest BCUT2D eigenvalue weighted by atomic mass is 9.67. The molecule has 0 atom stereocenters. The molecule has 1 aliphatic rings. The van der Waals surface area contributed by atoms with E-state index in [1.165, 1.54) is 33.4 Å². The van der Waals surface area contributed by atoms with Gasteiger partial charge in [0.25, 0.3) is 0 Å². The van der Waals surface area contributed by atoms with Crippen LogP contribution in [0.1, 0.15) is 22.3 Å². The maximum Gasteiger partial charge on any atom is 0.0714 e. The van der Waals surface area contributed by atoms with Gasteiger partial charge >= 0.3 is 0 Å². The lowest BCUT2D eigenvalue weighted by molar-refractivity contribution is 0.769. The average molecular weight is 577 g/mol. The zero-order valence-electron chi connectivity index (χ0n) is 24.8. The predicted octanol–water partition coefficient (Wildman–Crippen LogP) is 11.3. The van der Waals surface area contributed by atoms with Crippen LogP contribution in [0.3, 0.4) is 0 Å². The molecular formula is C43H32N2. The fraction of sp³-hybridized carbons (Fsp3) is 0.0233. The molecule has 0 radical (unpaired) electrons. The highest BCUT2D eigenvalue weighted by atomic mass is 15.1. The minimum absolute atomic E-state index is 0.425. The molecule has 2 heteroatoms. The average Bonchev–Trinajstić information content (AvgIpc) is 3.41. The first-order valence-corrected chi connectivity index (χ1v) is 15.5. The molecule has 0 aliphatic heterocycles. The van der Waals surface area contributed by atoms with E-state index in [0.29, 0.717) is 0 Å². The van der Waals surface area contributed by atoms with E-state index in [1.54, 1.807) is 0 Å². The van der Waals surface area contributed by atoms with Crippen LogP contribution in [-0.2, 0) is 5.41 Å². The highest BCUT2D eigenvalue weighted by molar-refractivity contribution is 5.88. The minimum atomic E-state index is -0.425. The van der Waals surface area contributed by atoms with E-state index < -0.39 is 5.41 Å². The molecule has 7 aromatic rings. The summed E-state index contributed by atoms with van der Waals surface area (Å²) in [6.07, 6.45) is 0. The monoisotopic (exact) mass is 576 g/mol. The molecule has 0 saturated heterocycles. The first kappa shape index (κ1) is 26.7. The third kappa shape index (κ3) is 4.59. The number of benzene rings is 7. The van der Waals surface area contributed by atoms with Gasteiger partial charge in [0.15, 0.2) is 0 Å². The van der Waals surface area contributed by atoms with Crippen molar-refractivity contribution in [2.75, 3.05) is 10.2 Å². The van der Waals surface area contributed by atoms with Gasteiger partial charge in [0.05, 0.1) is 5.41 Å². The van der Waals surface area contributed by atoms with Crippen molar-refractivity contribution in [1.29, 1.82) is 0 Å². The maximum atomic E-state index is 3.77. The van der Waals surface area contributed by atoms with Crippen molar-refractivity contribution in [1.82, 2.24) is 0 Å². The Kier molecular flexibility index (Phi) is 6.73. The van der Waals surface area contributed by atoms with Crippen LogP contribution in [0.5, 0.6) is 0 Å². The molecule has 0 bridgehead atoms. The molecular weight excluding hydrogens is 544 g/mol. The summed E-state index contributed by atoms with van der Waals surface area (Å²) in [5.74, 6) is 0. The van der Waals surface area contributed by atoms with E-state index in [9.17, 15) is 0 Å². The molecule has 0 saturated carbocycles. The fourth-order valence-electron chi connectivity index (χ4n) is 7.01. The molecule has 0 spiro atoms. The molecule has 8 rings (SSSR count). The Morgan fingerprint density at radius 1 is 0.356 bits per heavy atom. The van der Waals surface area contributed by atoms with E-state index in [1.807, 2.05) is 0 Å². The Morgan fingerprint density at radius 2 is 0.844 bits per heavy atom. The number of anilines is 5. The Labute approximate surface area is 264 Å². The molecule has 0 unspecified atom stereocenters. The van der Waals surface area contributed by atoms with Crippen molar-refractivity contribution in [3.63, 3.8) is 0 Å². The number of nitrogens with one attached hydrogen (secondary N) is 1. The summed E-state index contributed by atoms with van der Waals surface area (Å²) < 4.78 is 0. The van der Waals surface area contributed by atoms with Crippen LogP contribution < -0.4 is 10.2 Å². The van der Waals surface area contributed by atoms with Gasteiger partial charge in [-0.1, -0.05) is 133 Å². The van der Waals surface area contributed by atoms with E-state index in [0.717, 1.165) is 28.4 Å². The SMILES string of the molecule is c1ccc(N(c2ccccc2)c2cccc(Nc3ccc4c(c3)C(c3ccccc3)(c3ccccc3)c3ccccc3-4)c2)cc1. The number of para-hydroxylation sites is 2. The summed E-state index contributed by atoms with van der Waals surface area (Å²) in [4.78, 5) is 2.29. The van der Waals surface area contributed by atoms with E-state index in [2.05, 4.69) is 198 Å². The van der Waals surface area contributed by atoms with Crippen molar-refractivity contribution >= 4 is 28.4 Å². The van der Waals surface area contributed by atoms with Gasteiger partial charge in [-0.3, -0.25) is 0 Å². The lowest BCUT2D eigenvalue weighted by Gasteiger charge is -2.34. The molecule has 7 aromatic carbocycles. The Morgan fingerprint density at radius 3 is 1.47 bits per heavy atom. The number of nitrogens with zero attached hydrogens (tertiary/aromatic N) is 1. The van der Waals surface area contributed by atoms with Crippen LogP contribution in [0, 0.1) is 0 Å². The summed E-state index contributed by atoms with van der Waals surface area (Å²) in [6.45, 7) is 0. The number of hydrogen-bond donors (Lipinski definition) is 1. The van der Waals surface area contributed by atoms with E-state index in [-0.39, 0.29) is 0 Å². The van der Waals surface area contributed by atoms with Crippen molar-refractivity contribution < 1.29 is 0 Å². The van der Waals surface area contributed by atoms with E-state index in [4.69, 9.17) is 0 Å². The van der Waals surface area contributed by atoms with Crippen LogP contribution in [0.15, 0.2) is 188 Å². The smallest absolute Gasteiger partial charge is 0.0714 e. The number of fused-ring (bicyclic) bond motifs is 3. The maximum absolute atomic E-state index is 3.77. The quantitative estimate of drug-likeness (QED) is 0.203. The van der Waals surface area contributed by atoms with Crippen LogP contribution in [0.25, 0.3) is 11.1 Å². The summed E-state index contributed by atoms with van der Waals surface area (Å²) in [7, 11) is 0. The van der Waals surface area contributed by atoms with Crippen LogP contribution in [0.4, 0.5) is 28.4 Å². The van der Waals surface area contributed by atoms with Crippen molar-refractivity contribution in [3.05, 3.63) is 210 Å². The summed E-state index contributed by atoms with van der Waals surface area (Å²) in [5.41, 5.74) is 12.7. The highest BCUT2D eigenvalue weighted by Gasteiger charge is 2.46. The second-order valence-electron chi connectivity index (χ2n) is 11.5. The van der Waals surface area contributed by atoms with Gasteiger partial charge in [-0.15, -0.1) is 0 Å². The second-order valence-corrected chi connectivity index (χ2v) is 11.5. The van der Waals surface area contributed by atoms with Gasteiger partial charge in [-0.2, -0.15) is 0 Å². The Hall–Kier alpha value is -5.86. The molecule has 1 N–H and O–H groups in total. The van der Waals surface area contributed by atoms with Gasteiger partial charge < -0.3 is 10.2 Å². The molecule has 0 aromatic heterocycles. The predicted molar refractivity (Wildman–Crippen MR) is 188 cm³/mol. The zero-order valence-corrected chi connectivity index (χ0v) is 24.8. The Balaban J connectivity index is 1.25. The van der Waals surface area contributed by atoms with Gasteiger partial charge in [0.1, 0.15) is 0 Å². The summed E-state index contributed by atoms with van der Waals surface area (Å²) >= 11 is 0. The normalized spacial score (nSPS) is 12.6. The third-order valence-corrected chi connectivity index (χ3v) is 8.88. The van der Waals surface area contributed by atoms with Gasteiger partial charge in [0.2, 0.25) is 0 Å². The molecule has 214 valence electrons. The van der Waals surface area contributed by atoms with Gasteiger partial charge in [0, 0.05) is 28.4 Å². The van der Waals surface area contributed by atoms with Crippen LogP contribution in [0.2, 0.25) is 0 Å². The van der Waals surface area contributed by atoms with Gasteiger partial charge in [-0.05, 0) is 88.0 Å². The molecule has 0 fully saturated rings. The highest BCUT2D eigenvalue weighted by Crippen LogP contribution is 2.56. The minimum Gasteiger partial charge on any atom is -0.355 e. The summed E-state index contributed by atoms with van der Waals surface area (Å²) in [5, 5.41) is 3.77. The van der Waals surface area contributed by atoms with Gasteiger partial charge in [-0.25, -0.2) is 0 Å². The van der Waals surface area contributed by atoms with Crippen LogP contribution in [-0.4, -0.2) is 0 Å². The van der Waals surface area contributed by atoms with Crippen molar-refractivity contribution in [2.24, 2.45) is 0 Å². The van der Waals surface area contributed by atoms with Crippen LogP contribution >= 0.6 is 0 Å². The second kappa shape index (κ2) is 11.3. The fourth-order valence-corrected chi connectivity index (χ4v) is 7.01. The zero-order chi connectivity index (χ0) is 30.1. The topological polar surface area (TPSA) is 15.3 Å². The molecule has 0 amide bonds.